The van der Waals surface area contributed by atoms with E-state index in [1.165, 1.54) is 31.2 Å². The number of benzene rings is 1. The molecule has 2 fully saturated rings. The molecule has 0 amide bonds. The minimum Gasteiger partial charge on any atom is -0.365 e. The van der Waals surface area contributed by atoms with Crippen molar-refractivity contribution in [2.24, 2.45) is 0 Å². The highest BCUT2D eigenvalue weighted by atomic mass is 19.1. The van der Waals surface area contributed by atoms with Crippen LogP contribution in [-0.2, 0) is 0 Å². The molecule has 1 N–H and O–H groups in total. The van der Waals surface area contributed by atoms with Crippen molar-refractivity contribution >= 4 is 5.69 Å². The smallest absolute Gasteiger partial charge is 0.125 e. The third kappa shape index (κ3) is 1.91. The molecule has 0 radical (unpaired) electrons. The van der Waals surface area contributed by atoms with Crippen LogP contribution in [0.5, 0.6) is 0 Å². The molecule has 0 spiro atoms. The quantitative estimate of drug-likeness (QED) is 0.865. The Balaban J connectivity index is 1.91. The lowest BCUT2D eigenvalue weighted by Gasteiger charge is -2.41. The van der Waals surface area contributed by atoms with E-state index in [-0.39, 0.29) is 5.82 Å². The van der Waals surface area contributed by atoms with Gasteiger partial charge in [-0.3, -0.25) is 0 Å². The van der Waals surface area contributed by atoms with Gasteiger partial charge >= 0.3 is 0 Å². The summed E-state index contributed by atoms with van der Waals surface area (Å²) < 4.78 is 13.5. The van der Waals surface area contributed by atoms with Gasteiger partial charge in [-0.15, -0.1) is 0 Å². The van der Waals surface area contributed by atoms with Gasteiger partial charge in [-0.25, -0.2) is 4.39 Å². The Morgan fingerprint density at radius 2 is 1.89 bits per heavy atom. The molecular formula is C15H21FN2. The molecule has 0 aliphatic carbocycles. The molecule has 2 saturated heterocycles. The maximum atomic E-state index is 13.5. The molecule has 98 valence electrons. The minimum atomic E-state index is -0.120. The molecule has 3 rings (SSSR count). The van der Waals surface area contributed by atoms with Crippen LogP contribution >= 0.6 is 0 Å². The SMILES string of the molecule is CNC1CC2CCC(C1)N2c1cc(F)ccc1C. The molecular weight excluding hydrogens is 227 g/mol. The molecule has 2 aliphatic rings. The zero-order chi connectivity index (χ0) is 12.7. The average Bonchev–Trinajstić information content (AvgIpc) is 2.63. The van der Waals surface area contributed by atoms with Crippen molar-refractivity contribution in [3.8, 4) is 0 Å². The van der Waals surface area contributed by atoms with E-state index in [0.717, 1.165) is 5.69 Å². The summed E-state index contributed by atoms with van der Waals surface area (Å²) >= 11 is 0. The molecule has 0 saturated carbocycles. The van der Waals surface area contributed by atoms with Crippen molar-refractivity contribution < 1.29 is 4.39 Å². The van der Waals surface area contributed by atoms with E-state index in [1.807, 2.05) is 13.1 Å². The summed E-state index contributed by atoms with van der Waals surface area (Å²) in [5.41, 5.74) is 2.30. The van der Waals surface area contributed by atoms with Gasteiger partial charge in [0.15, 0.2) is 0 Å². The molecule has 1 aromatic carbocycles. The van der Waals surface area contributed by atoms with Crippen molar-refractivity contribution in [2.45, 2.75) is 50.7 Å². The van der Waals surface area contributed by atoms with Crippen LogP contribution in [0.4, 0.5) is 10.1 Å². The highest BCUT2D eigenvalue weighted by molar-refractivity contribution is 5.56. The first kappa shape index (κ1) is 12.0. The van der Waals surface area contributed by atoms with E-state index in [2.05, 4.69) is 17.1 Å². The number of hydrogen-bond donors (Lipinski definition) is 1. The first-order chi connectivity index (χ1) is 8.69. The van der Waals surface area contributed by atoms with Gasteiger partial charge in [0.1, 0.15) is 5.82 Å². The maximum Gasteiger partial charge on any atom is 0.125 e. The Morgan fingerprint density at radius 1 is 1.22 bits per heavy atom. The summed E-state index contributed by atoms with van der Waals surface area (Å²) in [6.45, 7) is 2.08. The maximum absolute atomic E-state index is 13.5. The fourth-order valence-corrected chi connectivity index (χ4v) is 3.67. The highest BCUT2D eigenvalue weighted by Gasteiger charge is 2.40. The van der Waals surface area contributed by atoms with Crippen molar-refractivity contribution in [1.29, 1.82) is 0 Å². The number of nitrogens with one attached hydrogen (secondary N) is 1. The van der Waals surface area contributed by atoms with Crippen molar-refractivity contribution in [2.75, 3.05) is 11.9 Å². The van der Waals surface area contributed by atoms with Gasteiger partial charge in [-0.2, -0.15) is 0 Å². The van der Waals surface area contributed by atoms with E-state index in [9.17, 15) is 4.39 Å². The van der Waals surface area contributed by atoms with Gasteiger partial charge in [0, 0.05) is 23.8 Å². The zero-order valence-corrected chi connectivity index (χ0v) is 11.1. The second kappa shape index (κ2) is 4.54. The lowest BCUT2D eigenvalue weighted by molar-refractivity contribution is 0.373. The van der Waals surface area contributed by atoms with Crippen LogP contribution in [0.1, 0.15) is 31.2 Å². The summed E-state index contributed by atoms with van der Waals surface area (Å²) in [7, 11) is 2.05. The number of rotatable bonds is 2. The van der Waals surface area contributed by atoms with Gasteiger partial charge in [0.25, 0.3) is 0 Å². The Bertz CT molecular complexity index is 432. The fourth-order valence-electron chi connectivity index (χ4n) is 3.67. The number of piperidine rings is 1. The van der Waals surface area contributed by atoms with Gasteiger partial charge in [0.05, 0.1) is 0 Å². The van der Waals surface area contributed by atoms with Crippen LogP contribution < -0.4 is 10.2 Å². The van der Waals surface area contributed by atoms with E-state index in [4.69, 9.17) is 0 Å². The van der Waals surface area contributed by atoms with Gasteiger partial charge in [-0.05, 0) is 57.4 Å². The third-order valence-electron chi connectivity index (χ3n) is 4.59. The summed E-state index contributed by atoms with van der Waals surface area (Å²) in [4.78, 5) is 2.48. The predicted octanol–water partition coefficient (Wildman–Crippen LogP) is 2.85. The standard InChI is InChI=1S/C15H21FN2/c1-10-3-4-11(16)7-15(10)18-13-5-6-14(18)9-12(8-13)17-2/h3-4,7,12-14,17H,5-6,8-9H2,1-2H3. The number of fused-ring (bicyclic) bond motifs is 2. The molecule has 2 heterocycles. The monoisotopic (exact) mass is 248 g/mol. The molecule has 2 bridgehead atoms. The van der Waals surface area contributed by atoms with Crippen LogP contribution in [0, 0.1) is 12.7 Å². The molecule has 2 aliphatic heterocycles. The lowest BCUT2D eigenvalue weighted by Crippen LogP contribution is -2.48. The number of halogens is 1. The first-order valence-electron chi connectivity index (χ1n) is 6.91. The number of hydrogen-bond acceptors (Lipinski definition) is 2. The van der Waals surface area contributed by atoms with Crippen molar-refractivity contribution in [1.82, 2.24) is 5.32 Å². The molecule has 18 heavy (non-hydrogen) atoms. The summed E-state index contributed by atoms with van der Waals surface area (Å²) in [6, 6.07) is 6.96. The van der Waals surface area contributed by atoms with Crippen LogP contribution in [0.2, 0.25) is 0 Å². The van der Waals surface area contributed by atoms with E-state index < -0.39 is 0 Å². The second-order valence-corrected chi connectivity index (χ2v) is 5.68. The fraction of sp³-hybridized carbons (Fsp3) is 0.600. The molecule has 2 nitrogen and oxygen atoms in total. The summed E-state index contributed by atoms with van der Waals surface area (Å²) in [5.74, 6) is -0.120. The minimum absolute atomic E-state index is 0.120. The Labute approximate surface area is 108 Å². The van der Waals surface area contributed by atoms with Crippen molar-refractivity contribution in [3.63, 3.8) is 0 Å². The van der Waals surface area contributed by atoms with Gasteiger partial charge in [0.2, 0.25) is 0 Å². The molecule has 3 heteroatoms. The molecule has 2 atom stereocenters. The molecule has 1 aromatic rings. The van der Waals surface area contributed by atoms with Gasteiger partial charge in [-0.1, -0.05) is 6.07 Å². The van der Waals surface area contributed by atoms with Crippen LogP contribution in [0.25, 0.3) is 0 Å². The largest absolute Gasteiger partial charge is 0.365 e. The topological polar surface area (TPSA) is 15.3 Å². The Kier molecular flexibility index (Phi) is 3.02. The highest BCUT2D eigenvalue weighted by Crippen LogP contribution is 2.40. The normalized spacial score (nSPS) is 30.8. The summed E-state index contributed by atoms with van der Waals surface area (Å²) in [5, 5.41) is 3.40. The summed E-state index contributed by atoms with van der Waals surface area (Å²) in [6.07, 6.45) is 4.86. The van der Waals surface area contributed by atoms with Crippen molar-refractivity contribution in [3.05, 3.63) is 29.6 Å². The van der Waals surface area contributed by atoms with Gasteiger partial charge < -0.3 is 10.2 Å². The van der Waals surface area contributed by atoms with E-state index in [1.54, 1.807) is 12.1 Å². The first-order valence-corrected chi connectivity index (χ1v) is 6.91. The van der Waals surface area contributed by atoms with E-state index >= 15 is 0 Å². The third-order valence-corrected chi connectivity index (χ3v) is 4.59. The average molecular weight is 248 g/mol. The van der Waals surface area contributed by atoms with Crippen LogP contribution in [-0.4, -0.2) is 25.2 Å². The lowest BCUT2D eigenvalue weighted by atomic mass is 9.96. The zero-order valence-electron chi connectivity index (χ0n) is 11.1. The van der Waals surface area contributed by atoms with Crippen LogP contribution in [0.3, 0.4) is 0 Å². The number of anilines is 1. The Hall–Kier alpha value is -1.09. The molecule has 2 unspecified atom stereocenters. The molecule has 0 aromatic heterocycles. The number of aryl methyl sites for hydroxylation is 1. The second-order valence-electron chi connectivity index (χ2n) is 5.68. The number of nitrogens with zero attached hydrogens (tertiary/aromatic N) is 1. The van der Waals surface area contributed by atoms with E-state index in [0.29, 0.717) is 18.1 Å². The van der Waals surface area contributed by atoms with Crippen LogP contribution in [0.15, 0.2) is 18.2 Å². The predicted molar refractivity (Wildman–Crippen MR) is 72.5 cm³/mol. The Morgan fingerprint density at radius 3 is 2.50 bits per heavy atom.